The first-order valence-corrected chi connectivity index (χ1v) is 17.1. The van der Waals surface area contributed by atoms with Gasteiger partial charge >= 0.3 is 5.97 Å². The van der Waals surface area contributed by atoms with Crippen LogP contribution < -0.4 is 31.9 Å². The number of aliphatic hydroxyl groups excluding tert-OH is 3. The molecule has 0 spiro atoms. The normalized spacial score (nSPS) is 20.2. The summed E-state index contributed by atoms with van der Waals surface area (Å²) in [5.74, 6) is -2.53. The van der Waals surface area contributed by atoms with Gasteiger partial charge in [-0.25, -0.2) is 0 Å². The number of amides is 5. The molecule has 10 N–H and O–H groups in total. The molecule has 0 saturated carbocycles. The molecule has 50 heavy (non-hydrogen) atoms. The topological polar surface area (TPSA) is 277 Å². The highest BCUT2D eigenvalue weighted by molar-refractivity contribution is 5.84. The van der Waals surface area contributed by atoms with E-state index >= 15 is 0 Å². The summed E-state index contributed by atoms with van der Waals surface area (Å²) in [6, 6.07) is 0. The number of rotatable bonds is 27. The number of carboxylic acid groups (broad SMARTS) is 1. The number of carboxylic acids is 1. The first-order valence-electron chi connectivity index (χ1n) is 17.1. The number of nitrogens with zero attached hydrogens (tertiary/aromatic N) is 1. The lowest BCUT2D eigenvalue weighted by molar-refractivity contribution is -0.292. The largest absolute Gasteiger partial charge is 0.481 e. The van der Waals surface area contributed by atoms with E-state index in [0.29, 0.717) is 58.3 Å². The number of unbranched alkanes of at least 4 members (excludes halogenated alkanes) is 4. The van der Waals surface area contributed by atoms with Crippen molar-refractivity contribution in [1.82, 2.24) is 36.8 Å². The molecule has 0 radical (unpaired) electrons. The highest BCUT2D eigenvalue weighted by Crippen LogP contribution is 2.21. The molecule has 19 nitrogen and oxygen atoms in total. The Labute approximate surface area is 292 Å². The Balaban J connectivity index is 2.22. The van der Waals surface area contributed by atoms with E-state index < -0.39 is 42.6 Å². The molecule has 1 heterocycles. The van der Waals surface area contributed by atoms with Gasteiger partial charge in [0, 0.05) is 39.1 Å². The average molecular weight is 720 g/mol. The lowest BCUT2D eigenvalue weighted by atomic mass is 10.0. The van der Waals surface area contributed by atoms with Crippen LogP contribution in [0.15, 0.2) is 0 Å². The molecule has 0 bridgehead atoms. The maximum atomic E-state index is 12.5. The fraction of sp³-hybridized carbons (Fsp3) is 0.806. The number of likely N-dealkylation sites (N-methyl/N-ethyl adjacent to an activating group) is 1. The molecule has 1 fully saturated rings. The van der Waals surface area contributed by atoms with Crippen LogP contribution in [0.5, 0.6) is 0 Å². The first-order chi connectivity index (χ1) is 23.8. The van der Waals surface area contributed by atoms with Crippen LogP contribution in [0.25, 0.3) is 0 Å². The highest BCUT2D eigenvalue weighted by atomic mass is 16.7. The molecule has 0 unspecified atom stereocenters. The van der Waals surface area contributed by atoms with Crippen LogP contribution in [0.4, 0.5) is 0 Å². The molecule has 0 aromatic heterocycles. The lowest BCUT2D eigenvalue weighted by Gasteiger charge is -2.38. The maximum Gasteiger partial charge on any atom is 0.303 e. The van der Waals surface area contributed by atoms with E-state index in [1.165, 1.54) is 11.8 Å². The average Bonchev–Trinajstić information content (AvgIpc) is 3.05. The summed E-state index contributed by atoms with van der Waals surface area (Å²) in [5.41, 5.74) is 0. The van der Waals surface area contributed by atoms with Gasteiger partial charge in [-0.1, -0.05) is 6.42 Å². The molecule has 1 aliphatic rings. The molecule has 0 aliphatic carbocycles. The van der Waals surface area contributed by atoms with Crippen LogP contribution in [-0.4, -0.2) is 164 Å². The summed E-state index contributed by atoms with van der Waals surface area (Å²) >= 11 is 0. The van der Waals surface area contributed by atoms with Gasteiger partial charge < -0.3 is 56.5 Å². The Morgan fingerprint density at radius 1 is 0.640 bits per heavy atom. The van der Waals surface area contributed by atoms with Gasteiger partial charge in [-0.2, -0.15) is 0 Å². The molecule has 5 amide bonds. The second-order valence-corrected chi connectivity index (χ2v) is 11.9. The molecule has 1 aliphatic heterocycles. The van der Waals surface area contributed by atoms with Gasteiger partial charge in [0.1, 0.15) is 18.3 Å². The fourth-order valence-corrected chi connectivity index (χ4v) is 4.76. The fourth-order valence-electron chi connectivity index (χ4n) is 4.76. The minimum atomic E-state index is -1.47. The molecule has 0 aromatic carbocycles. The van der Waals surface area contributed by atoms with Crippen molar-refractivity contribution in [2.24, 2.45) is 0 Å². The number of ether oxygens (including phenoxy) is 2. The number of aliphatic carboxylic acids is 1. The smallest absolute Gasteiger partial charge is 0.303 e. The van der Waals surface area contributed by atoms with Crippen molar-refractivity contribution >= 4 is 35.5 Å². The van der Waals surface area contributed by atoms with Crippen molar-refractivity contribution in [2.45, 2.75) is 89.5 Å². The van der Waals surface area contributed by atoms with Crippen LogP contribution in [0, 0.1) is 0 Å². The summed E-state index contributed by atoms with van der Waals surface area (Å²) in [6.07, 6.45) is -2.03. The SMILES string of the molecule is CCNC(=O)CN(CC(=O)NCCCCCNC(=O)CNCC(=O)NCCCCCC(=O)O)CC(=O)NCCO[C@@H]1O[C@@H](C)[C@@H](O)[C@@H](O)[C@@H]1O. The van der Waals surface area contributed by atoms with Crippen LogP contribution in [0.3, 0.4) is 0 Å². The summed E-state index contributed by atoms with van der Waals surface area (Å²) in [5, 5.41) is 54.5. The standard InChI is InChI=1S/C31H57N7O12/c1-3-33-24(41)18-38(20-26(43)37-14-15-49-31-30(48)29(47)28(46)21(2)50-31)19-25(42)36-13-9-5-8-12-35-23(40)17-32-16-22(39)34-11-7-4-6-10-27(44)45/h21,28-32,46-48H,3-20H2,1-2H3,(H,33,41)(H,34,39)(H,35,40)(H,36,42)(H,37,43)(H,44,45)/t21-,28+,29+,30-,31+/m0/s1. The Morgan fingerprint density at radius 3 is 1.64 bits per heavy atom. The van der Waals surface area contributed by atoms with Crippen LogP contribution in [0.1, 0.15) is 58.8 Å². The zero-order chi connectivity index (χ0) is 37.3. The van der Waals surface area contributed by atoms with E-state index in [-0.39, 0.29) is 75.9 Å². The van der Waals surface area contributed by atoms with Crippen molar-refractivity contribution < 1.29 is 58.7 Å². The number of carbonyl (C=O) groups excluding carboxylic acids is 5. The first kappa shape index (κ1) is 44.6. The van der Waals surface area contributed by atoms with E-state index in [1.54, 1.807) is 6.92 Å². The third-order valence-corrected chi connectivity index (χ3v) is 7.45. The number of hydrogen-bond acceptors (Lipinski definition) is 13. The second kappa shape index (κ2) is 26.4. The third kappa shape index (κ3) is 20.9. The van der Waals surface area contributed by atoms with Gasteiger partial charge in [0.2, 0.25) is 29.5 Å². The summed E-state index contributed by atoms with van der Waals surface area (Å²) < 4.78 is 10.7. The van der Waals surface area contributed by atoms with E-state index in [1.807, 2.05) is 0 Å². The van der Waals surface area contributed by atoms with Crippen LogP contribution in [-0.2, 0) is 38.2 Å². The van der Waals surface area contributed by atoms with Gasteiger partial charge in [-0.15, -0.1) is 0 Å². The molecule has 0 aromatic rings. The number of nitrogens with one attached hydrogen (secondary N) is 6. The minimum absolute atomic E-state index is 0.0104. The molecule has 288 valence electrons. The molecule has 1 rings (SSSR count). The van der Waals surface area contributed by atoms with Crippen LogP contribution >= 0.6 is 0 Å². The zero-order valence-corrected chi connectivity index (χ0v) is 29.1. The number of hydrogen-bond donors (Lipinski definition) is 10. The van der Waals surface area contributed by atoms with Crippen molar-refractivity contribution in [3.8, 4) is 0 Å². The van der Waals surface area contributed by atoms with Gasteiger partial charge in [-0.05, 0) is 46.0 Å². The minimum Gasteiger partial charge on any atom is -0.481 e. The third-order valence-electron chi connectivity index (χ3n) is 7.45. The van der Waals surface area contributed by atoms with Gasteiger partial charge in [0.15, 0.2) is 6.29 Å². The van der Waals surface area contributed by atoms with E-state index in [2.05, 4.69) is 31.9 Å². The van der Waals surface area contributed by atoms with Crippen molar-refractivity contribution in [3.05, 3.63) is 0 Å². The summed E-state index contributed by atoms with van der Waals surface area (Å²) in [7, 11) is 0. The summed E-state index contributed by atoms with van der Waals surface area (Å²) in [4.78, 5) is 72.8. The van der Waals surface area contributed by atoms with E-state index in [9.17, 15) is 44.1 Å². The predicted molar refractivity (Wildman–Crippen MR) is 178 cm³/mol. The van der Waals surface area contributed by atoms with Gasteiger partial charge in [-0.3, -0.25) is 39.0 Å². The summed E-state index contributed by atoms with van der Waals surface area (Å²) in [6.45, 7) is 4.19. The van der Waals surface area contributed by atoms with Gasteiger partial charge in [0.25, 0.3) is 0 Å². The number of aliphatic hydroxyl groups is 3. The van der Waals surface area contributed by atoms with Crippen LogP contribution in [0.2, 0.25) is 0 Å². The Hall–Kier alpha value is -3.46. The monoisotopic (exact) mass is 719 g/mol. The molecule has 1 saturated heterocycles. The Bertz CT molecular complexity index is 1050. The number of carbonyl (C=O) groups is 6. The Morgan fingerprint density at radius 2 is 1.12 bits per heavy atom. The zero-order valence-electron chi connectivity index (χ0n) is 29.1. The Kier molecular flexibility index (Phi) is 23.5. The maximum absolute atomic E-state index is 12.5. The van der Waals surface area contributed by atoms with E-state index in [4.69, 9.17) is 14.6 Å². The lowest BCUT2D eigenvalue weighted by Crippen LogP contribution is -2.57. The van der Waals surface area contributed by atoms with E-state index in [0.717, 1.165) is 6.42 Å². The molecular weight excluding hydrogens is 662 g/mol. The molecular formula is C31H57N7O12. The quantitative estimate of drug-likeness (QED) is 0.0364. The van der Waals surface area contributed by atoms with Crippen molar-refractivity contribution in [1.29, 1.82) is 0 Å². The van der Waals surface area contributed by atoms with Gasteiger partial charge in [0.05, 0.1) is 45.4 Å². The second-order valence-electron chi connectivity index (χ2n) is 11.9. The predicted octanol–water partition coefficient (Wildman–Crippen LogP) is -3.86. The van der Waals surface area contributed by atoms with Crippen molar-refractivity contribution in [2.75, 3.05) is 72.1 Å². The van der Waals surface area contributed by atoms with Crippen molar-refractivity contribution in [3.63, 3.8) is 0 Å². The molecule has 19 heteroatoms. The molecule has 5 atom stereocenters. The highest BCUT2D eigenvalue weighted by Gasteiger charge is 2.42.